The van der Waals surface area contributed by atoms with Crippen molar-refractivity contribution in [2.45, 2.75) is 23.2 Å². The van der Waals surface area contributed by atoms with Gasteiger partial charge in [-0.3, -0.25) is 4.79 Å². The van der Waals surface area contributed by atoms with Crippen LogP contribution in [0.25, 0.3) is 11.3 Å². The zero-order valence-corrected chi connectivity index (χ0v) is 14.2. The van der Waals surface area contributed by atoms with Crippen LogP contribution in [-0.4, -0.2) is 37.5 Å². The molecule has 23 heavy (non-hydrogen) atoms. The highest BCUT2D eigenvalue weighted by atomic mass is 32.2. The summed E-state index contributed by atoms with van der Waals surface area (Å²) in [6.45, 7) is 0.974. The van der Waals surface area contributed by atoms with E-state index < -0.39 is 10.0 Å². The highest BCUT2D eigenvalue weighted by Crippen LogP contribution is 2.26. The SMILES string of the molecule is Cn1nc(-c2csc(S(=O)(=O)NC[C@@H]3CCCO3)c2)ccc1=O. The number of aryl methyl sites for hydroxylation is 1. The lowest BCUT2D eigenvalue weighted by molar-refractivity contribution is 0.114. The molecule has 3 heterocycles. The summed E-state index contributed by atoms with van der Waals surface area (Å²) in [7, 11) is -2.01. The van der Waals surface area contributed by atoms with E-state index in [0.29, 0.717) is 17.9 Å². The molecule has 0 amide bonds. The van der Waals surface area contributed by atoms with Crippen LogP contribution in [-0.2, 0) is 21.8 Å². The molecule has 0 aromatic carbocycles. The molecule has 0 spiro atoms. The first-order valence-electron chi connectivity index (χ1n) is 7.20. The van der Waals surface area contributed by atoms with Gasteiger partial charge in [0.05, 0.1) is 11.8 Å². The summed E-state index contributed by atoms with van der Waals surface area (Å²) >= 11 is 1.13. The lowest BCUT2D eigenvalue weighted by Crippen LogP contribution is -2.31. The van der Waals surface area contributed by atoms with Gasteiger partial charge in [-0.05, 0) is 25.0 Å². The third kappa shape index (κ3) is 3.69. The maximum atomic E-state index is 12.3. The molecular weight excluding hydrogens is 338 g/mol. The Morgan fingerprint density at radius 2 is 2.30 bits per heavy atom. The second kappa shape index (κ2) is 6.52. The molecule has 7 nitrogen and oxygen atoms in total. The van der Waals surface area contributed by atoms with E-state index in [9.17, 15) is 13.2 Å². The number of nitrogens with one attached hydrogen (secondary N) is 1. The number of hydrogen-bond acceptors (Lipinski definition) is 6. The molecule has 1 saturated heterocycles. The second-order valence-electron chi connectivity index (χ2n) is 5.32. The summed E-state index contributed by atoms with van der Waals surface area (Å²) in [6.07, 6.45) is 1.79. The molecule has 0 radical (unpaired) electrons. The van der Waals surface area contributed by atoms with Gasteiger partial charge in [0.2, 0.25) is 10.0 Å². The zero-order valence-electron chi connectivity index (χ0n) is 12.6. The van der Waals surface area contributed by atoms with E-state index in [0.717, 1.165) is 24.2 Å². The topological polar surface area (TPSA) is 90.3 Å². The van der Waals surface area contributed by atoms with Crippen LogP contribution in [0.15, 0.2) is 32.6 Å². The Morgan fingerprint density at radius 1 is 1.48 bits per heavy atom. The van der Waals surface area contributed by atoms with Gasteiger partial charge in [-0.1, -0.05) is 0 Å². The highest BCUT2D eigenvalue weighted by molar-refractivity contribution is 7.91. The molecule has 1 aliphatic heterocycles. The van der Waals surface area contributed by atoms with Crippen molar-refractivity contribution >= 4 is 21.4 Å². The molecule has 1 fully saturated rings. The summed E-state index contributed by atoms with van der Waals surface area (Å²) in [5.74, 6) is 0. The van der Waals surface area contributed by atoms with Crippen molar-refractivity contribution in [2.75, 3.05) is 13.2 Å². The van der Waals surface area contributed by atoms with E-state index in [1.807, 2.05) is 0 Å². The second-order valence-corrected chi connectivity index (χ2v) is 8.23. The fraction of sp³-hybridized carbons (Fsp3) is 0.429. The predicted molar refractivity (Wildman–Crippen MR) is 87.0 cm³/mol. The molecule has 2 aromatic rings. The number of hydrogen-bond donors (Lipinski definition) is 1. The van der Waals surface area contributed by atoms with E-state index in [1.54, 1.807) is 24.6 Å². The number of sulfonamides is 1. The van der Waals surface area contributed by atoms with E-state index in [-0.39, 0.29) is 22.4 Å². The Hall–Kier alpha value is -1.55. The Bertz CT molecular complexity index is 851. The minimum Gasteiger partial charge on any atom is -0.377 e. The number of rotatable bonds is 5. The van der Waals surface area contributed by atoms with Gasteiger partial charge in [-0.25, -0.2) is 17.8 Å². The third-order valence-corrected chi connectivity index (χ3v) is 6.48. The Labute approximate surface area is 138 Å². The normalized spacial score (nSPS) is 18.4. The van der Waals surface area contributed by atoms with Crippen molar-refractivity contribution in [2.24, 2.45) is 7.05 Å². The van der Waals surface area contributed by atoms with Crippen molar-refractivity contribution in [3.8, 4) is 11.3 Å². The molecule has 1 N–H and O–H groups in total. The van der Waals surface area contributed by atoms with Crippen LogP contribution in [0.3, 0.4) is 0 Å². The average molecular weight is 355 g/mol. The molecule has 0 unspecified atom stereocenters. The van der Waals surface area contributed by atoms with Crippen LogP contribution in [0.4, 0.5) is 0 Å². The van der Waals surface area contributed by atoms with Crippen LogP contribution in [0.5, 0.6) is 0 Å². The van der Waals surface area contributed by atoms with Crippen LogP contribution in [0, 0.1) is 0 Å². The molecule has 1 atom stereocenters. The molecule has 1 aliphatic rings. The minimum atomic E-state index is -3.56. The van der Waals surface area contributed by atoms with Gasteiger partial charge in [-0.15, -0.1) is 11.3 Å². The van der Waals surface area contributed by atoms with Gasteiger partial charge in [0, 0.05) is 37.2 Å². The molecular formula is C14H17N3O4S2. The summed E-state index contributed by atoms with van der Waals surface area (Å²) in [5, 5.41) is 5.84. The summed E-state index contributed by atoms with van der Waals surface area (Å²) in [5.41, 5.74) is 1.02. The maximum absolute atomic E-state index is 12.3. The minimum absolute atomic E-state index is 0.0467. The van der Waals surface area contributed by atoms with E-state index >= 15 is 0 Å². The number of thiophene rings is 1. The Morgan fingerprint density at radius 3 is 3.00 bits per heavy atom. The number of nitrogens with zero attached hydrogens (tertiary/aromatic N) is 2. The molecule has 124 valence electrons. The van der Waals surface area contributed by atoms with E-state index in [4.69, 9.17) is 4.74 Å². The van der Waals surface area contributed by atoms with Crippen molar-refractivity contribution in [1.82, 2.24) is 14.5 Å². The third-order valence-electron chi connectivity index (χ3n) is 3.62. The molecule has 9 heteroatoms. The van der Waals surface area contributed by atoms with E-state index in [1.165, 1.54) is 10.7 Å². The summed E-state index contributed by atoms with van der Waals surface area (Å²) < 4.78 is 34.1. The number of aromatic nitrogens is 2. The highest BCUT2D eigenvalue weighted by Gasteiger charge is 2.22. The Balaban J connectivity index is 1.77. The lowest BCUT2D eigenvalue weighted by atomic mass is 10.2. The van der Waals surface area contributed by atoms with Crippen LogP contribution in [0.2, 0.25) is 0 Å². The van der Waals surface area contributed by atoms with Gasteiger partial charge in [-0.2, -0.15) is 5.10 Å². The average Bonchev–Trinajstić information content (AvgIpc) is 3.19. The summed E-state index contributed by atoms with van der Waals surface area (Å²) in [6, 6.07) is 4.56. The smallest absolute Gasteiger partial charge is 0.266 e. The van der Waals surface area contributed by atoms with Crippen LogP contribution < -0.4 is 10.3 Å². The van der Waals surface area contributed by atoms with Gasteiger partial charge < -0.3 is 4.74 Å². The first-order chi connectivity index (χ1) is 11.0. The molecule has 2 aromatic heterocycles. The molecule has 0 bridgehead atoms. The lowest BCUT2D eigenvalue weighted by Gasteiger charge is -2.10. The van der Waals surface area contributed by atoms with Gasteiger partial charge in [0.1, 0.15) is 4.21 Å². The van der Waals surface area contributed by atoms with Crippen molar-refractivity contribution in [3.63, 3.8) is 0 Å². The largest absolute Gasteiger partial charge is 0.377 e. The fourth-order valence-electron chi connectivity index (χ4n) is 2.33. The Kier molecular flexibility index (Phi) is 4.62. The van der Waals surface area contributed by atoms with Gasteiger partial charge in [0.25, 0.3) is 5.56 Å². The first kappa shape index (κ1) is 16.3. The molecule has 0 saturated carbocycles. The molecule has 3 rings (SSSR count). The van der Waals surface area contributed by atoms with E-state index in [2.05, 4.69) is 9.82 Å². The van der Waals surface area contributed by atoms with Crippen molar-refractivity contribution in [3.05, 3.63) is 33.9 Å². The van der Waals surface area contributed by atoms with Crippen molar-refractivity contribution in [1.29, 1.82) is 0 Å². The molecule has 0 aliphatic carbocycles. The first-order valence-corrected chi connectivity index (χ1v) is 9.56. The quantitative estimate of drug-likeness (QED) is 0.863. The number of ether oxygens (including phenoxy) is 1. The van der Waals surface area contributed by atoms with Crippen molar-refractivity contribution < 1.29 is 13.2 Å². The standard InChI is InChI=1S/C14H17N3O4S2/c1-17-13(18)5-4-12(16-17)10-7-14(22-9-10)23(19,20)15-8-11-3-2-6-21-11/h4-5,7,9,11,15H,2-3,6,8H2,1H3/t11-/m0/s1. The van der Waals surface area contributed by atoms with Gasteiger partial charge >= 0.3 is 0 Å². The van der Waals surface area contributed by atoms with Crippen LogP contribution in [0.1, 0.15) is 12.8 Å². The monoisotopic (exact) mass is 355 g/mol. The zero-order chi connectivity index (χ0) is 16.4. The fourth-order valence-corrected chi connectivity index (χ4v) is 4.61. The summed E-state index contributed by atoms with van der Waals surface area (Å²) in [4.78, 5) is 11.4. The van der Waals surface area contributed by atoms with Gasteiger partial charge in [0.15, 0.2) is 0 Å². The maximum Gasteiger partial charge on any atom is 0.266 e. The van der Waals surface area contributed by atoms with Crippen LogP contribution >= 0.6 is 11.3 Å². The predicted octanol–water partition coefficient (Wildman–Crippen LogP) is 0.966.